The fraction of sp³-hybridized carbons (Fsp3) is 0.417. The highest BCUT2D eigenvalue weighted by atomic mass is 32.2. The first kappa shape index (κ1) is 14.0. The van der Waals surface area contributed by atoms with E-state index in [1.165, 1.54) is 12.1 Å². The molecule has 0 spiro atoms. The van der Waals surface area contributed by atoms with Gasteiger partial charge >= 0.3 is 0 Å². The molecular formula is C12H16FN3O2S. The van der Waals surface area contributed by atoms with Crippen LogP contribution in [-0.2, 0) is 17.3 Å². The van der Waals surface area contributed by atoms with Crippen molar-refractivity contribution in [3.05, 3.63) is 35.1 Å². The summed E-state index contributed by atoms with van der Waals surface area (Å²) in [5.74, 6) is 0.778. The number of hydrogen-bond donors (Lipinski definition) is 2. The van der Waals surface area contributed by atoms with Crippen molar-refractivity contribution in [2.45, 2.75) is 6.54 Å². The molecule has 104 valence electrons. The standard InChI is InChI=1S/C12H16FN3O2S/c13-10-2-1-9(11(7-10)12(14)15-17)8-16-3-5-19(18)6-4-16/h1-2,7,17H,3-6,8H2,(H2,14,15). The van der Waals surface area contributed by atoms with E-state index in [1.54, 1.807) is 6.07 Å². The average molecular weight is 285 g/mol. The van der Waals surface area contributed by atoms with Gasteiger partial charge in [-0.2, -0.15) is 0 Å². The third-order valence-corrected chi connectivity index (χ3v) is 4.40. The zero-order chi connectivity index (χ0) is 13.8. The zero-order valence-electron chi connectivity index (χ0n) is 10.4. The lowest BCUT2D eigenvalue weighted by atomic mass is 10.1. The lowest BCUT2D eigenvalue weighted by Gasteiger charge is -2.26. The number of halogens is 1. The molecule has 7 heteroatoms. The number of oxime groups is 1. The Hall–Kier alpha value is -1.47. The van der Waals surface area contributed by atoms with Gasteiger partial charge < -0.3 is 10.9 Å². The van der Waals surface area contributed by atoms with E-state index in [-0.39, 0.29) is 5.84 Å². The maximum atomic E-state index is 13.2. The summed E-state index contributed by atoms with van der Waals surface area (Å²) in [4.78, 5) is 2.13. The molecule has 0 unspecified atom stereocenters. The Morgan fingerprint density at radius 1 is 1.47 bits per heavy atom. The Labute approximate surface area is 113 Å². The van der Waals surface area contributed by atoms with Crippen molar-refractivity contribution in [1.82, 2.24) is 4.90 Å². The fourth-order valence-corrected chi connectivity index (χ4v) is 3.18. The number of benzene rings is 1. The van der Waals surface area contributed by atoms with Crippen LogP contribution >= 0.6 is 0 Å². The monoisotopic (exact) mass is 285 g/mol. The molecule has 0 amide bonds. The van der Waals surface area contributed by atoms with E-state index in [0.29, 0.717) is 23.6 Å². The van der Waals surface area contributed by atoms with Crippen LogP contribution in [0.4, 0.5) is 4.39 Å². The van der Waals surface area contributed by atoms with Crippen LogP contribution in [0.25, 0.3) is 0 Å². The number of amidine groups is 1. The van der Waals surface area contributed by atoms with E-state index in [2.05, 4.69) is 10.1 Å². The highest BCUT2D eigenvalue weighted by Gasteiger charge is 2.17. The van der Waals surface area contributed by atoms with Gasteiger partial charge in [0.15, 0.2) is 5.84 Å². The Kier molecular flexibility index (Phi) is 4.49. The maximum absolute atomic E-state index is 13.2. The first-order chi connectivity index (χ1) is 9.10. The molecule has 3 N–H and O–H groups in total. The van der Waals surface area contributed by atoms with Gasteiger partial charge in [0.05, 0.1) is 0 Å². The Balaban J connectivity index is 2.18. The topological polar surface area (TPSA) is 78.9 Å². The molecule has 1 aromatic rings. The molecule has 1 aliphatic rings. The van der Waals surface area contributed by atoms with E-state index in [4.69, 9.17) is 10.9 Å². The largest absolute Gasteiger partial charge is 0.409 e. The van der Waals surface area contributed by atoms with Crippen LogP contribution in [0, 0.1) is 5.82 Å². The second-order valence-corrected chi connectivity index (χ2v) is 6.11. The molecule has 0 radical (unpaired) electrons. The van der Waals surface area contributed by atoms with Crippen molar-refractivity contribution < 1.29 is 13.8 Å². The first-order valence-electron chi connectivity index (χ1n) is 5.94. The summed E-state index contributed by atoms with van der Waals surface area (Å²) < 4.78 is 24.5. The SMILES string of the molecule is N/C(=N/O)c1cc(F)ccc1CN1CCS(=O)CC1. The second kappa shape index (κ2) is 6.12. The van der Waals surface area contributed by atoms with Gasteiger partial charge in [0.1, 0.15) is 5.82 Å². The van der Waals surface area contributed by atoms with Crippen LogP contribution in [0.15, 0.2) is 23.4 Å². The van der Waals surface area contributed by atoms with Crippen LogP contribution in [0.3, 0.4) is 0 Å². The zero-order valence-corrected chi connectivity index (χ0v) is 11.2. The quantitative estimate of drug-likeness (QED) is 0.366. The van der Waals surface area contributed by atoms with Crippen molar-refractivity contribution in [1.29, 1.82) is 0 Å². The highest BCUT2D eigenvalue weighted by molar-refractivity contribution is 7.85. The van der Waals surface area contributed by atoms with Crippen LogP contribution in [0.5, 0.6) is 0 Å². The summed E-state index contributed by atoms with van der Waals surface area (Å²) in [6.45, 7) is 2.04. The molecule has 0 atom stereocenters. The molecule has 0 aliphatic carbocycles. The predicted molar refractivity (Wildman–Crippen MR) is 72.1 cm³/mol. The molecule has 19 heavy (non-hydrogen) atoms. The van der Waals surface area contributed by atoms with Crippen LogP contribution in [0.2, 0.25) is 0 Å². The lowest BCUT2D eigenvalue weighted by Crippen LogP contribution is -2.37. The van der Waals surface area contributed by atoms with Gasteiger partial charge in [0, 0.05) is 47.5 Å². The summed E-state index contributed by atoms with van der Waals surface area (Å²) in [6, 6.07) is 4.24. The van der Waals surface area contributed by atoms with Gasteiger partial charge in [0.2, 0.25) is 0 Å². The molecule has 0 aromatic heterocycles. The fourth-order valence-electron chi connectivity index (χ4n) is 2.05. The molecule has 5 nitrogen and oxygen atoms in total. The number of hydrogen-bond acceptors (Lipinski definition) is 4. The van der Waals surface area contributed by atoms with E-state index in [1.807, 2.05) is 0 Å². The summed E-state index contributed by atoms with van der Waals surface area (Å²) in [5, 5.41) is 11.7. The van der Waals surface area contributed by atoms with Crippen LogP contribution in [-0.4, -0.2) is 44.7 Å². The van der Waals surface area contributed by atoms with Crippen molar-refractivity contribution >= 4 is 16.6 Å². The molecule has 0 bridgehead atoms. The molecule has 0 saturated carbocycles. The second-order valence-electron chi connectivity index (χ2n) is 4.41. The summed E-state index contributed by atoms with van der Waals surface area (Å²) >= 11 is 0. The van der Waals surface area contributed by atoms with Gasteiger partial charge in [-0.1, -0.05) is 11.2 Å². The number of nitrogens with zero attached hydrogens (tertiary/aromatic N) is 2. The molecule has 1 fully saturated rings. The molecule has 2 rings (SSSR count). The maximum Gasteiger partial charge on any atom is 0.170 e. The Morgan fingerprint density at radius 3 is 2.79 bits per heavy atom. The van der Waals surface area contributed by atoms with Crippen molar-refractivity contribution in [3.63, 3.8) is 0 Å². The molecular weight excluding hydrogens is 269 g/mol. The minimum Gasteiger partial charge on any atom is -0.409 e. The van der Waals surface area contributed by atoms with Gasteiger partial charge in [-0.15, -0.1) is 0 Å². The minimum absolute atomic E-state index is 0.102. The molecule has 1 aromatic carbocycles. The van der Waals surface area contributed by atoms with Crippen molar-refractivity contribution in [2.24, 2.45) is 10.9 Å². The smallest absolute Gasteiger partial charge is 0.170 e. The normalized spacial score (nSPS) is 18.7. The van der Waals surface area contributed by atoms with Crippen LogP contribution in [0.1, 0.15) is 11.1 Å². The van der Waals surface area contributed by atoms with E-state index < -0.39 is 16.6 Å². The lowest BCUT2D eigenvalue weighted by molar-refractivity contribution is 0.291. The third-order valence-electron chi connectivity index (χ3n) is 3.12. The van der Waals surface area contributed by atoms with Crippen molar-refractivity contribution in [2.75, 3.05) is 24.6 Å². The summed E-state index contributed by atoms with van der Waals surface area (Å²) in [6.07, 6.45) is 0. The van der Waals surface area contributed by atoms with E-state index >= 15 is 0 Å². The predicted octanol–water partition coefficient (Wildman–Crippen LogP) is 0.484. The van der Waals surface area contributed by atoms with E-state index in [9.17, 15) is 8.60 Å². The van der Waals surface area contributed by atoms with Gasteiger partial charge in [-0.25, -0.2) is 4.39 Å². The summed E-state index contributed by atoms with van der Waals surface area (Å²) in [7, 11) is -0.728. The first-order valence-corrected chi connectivity index (χ1v) is 7.42. The average Bonchev–Trinajstić information content (AvgIpc) is 2.42. The van der Waals surface area contributed by atoms with Crippen molar-refractivity contribution in [3.8, 4) is 0 Å². The highest BCUT2D eigenvalue weighted by Crippen LogP contribution is 2.15. The van der Waals surface area contributed by atoms with Crippen LogP contribution < -0.4 is 5.73 Å². The Morgan fingerprint density at radius 2 is 2.16 bits per heavy atom. The van der Waals surface area contributed by atoms with Gasteiger partial charge in [0.25, 0.3) is 0 Å². The van der Waals surface area contributed by atoms with Gasteiger partial charge in [-0.3, -0.25) is 9.11 Å². The molecule has 1 heterocycles. The third kappa shape index (κ3) is 3.51. The number of rotatable bonds is 3. The Bertz CT molecular complexity index is 512. The van der Waals surface area contributed by atoms with E-state index in [0.717, 1.165) is 18.7 Å². The van der Waals surface area contributed by atoms with Gasteiger partial charge in [-0.05, 0) is 17.7 Å². The number of nitrogens with two attached hydrogens (primary N) is 1. The minimum atomic E-state index is -0.728. The summed E-state index contributed by atoms with van der Waals surface area (Å²) in [5.41, 5.74) is 6.75. The molecule has 1 aliphatic heterocycles. The molecule has 1 saturated heterocycles.